The van der Waals surface area contributed by atoms with Crippen molar-refractivity contribution in [2.45, 2.75) is 58.1 Å². The summed E-state index contributed by atoms with van der Waals surface area (Å²) in [6, 6.07) is 14.6. The molecular weight excluding hydrogens is 484 g/mol. The van der Waals surface area contributed by atoms with Gasteiger partial charge in [-0.15, -0.1) is 0 Å². The summed E-state index contributed by atoms with van der Waals surface area (Å²) < 4.78 is 32.6. The van der Waals surface area contributed by atoms with Gasteiger partial charge in [0.25, 0.3) is 0 Å². The largest absolute Gasteiger partial charge is 0.461 e. The molecule has 0 aromatic heterocycles. The fourth-order valence-electron chi connectivity index (χ4n) is 3.30. The summed E-state index contributed by atoms with van der Waals surface area (Å²) in [6.45, 7) is 2.68. The number of hydrogen-bond donors (Lipinski definition) is 2. The fourth-order valence-corrected chi connectivity index (χ4v) is 3.76. The lowest BCUT2D eigenvalue weighted by Crippen LogP contribution is -2.48. The van der Waals surface area contributed by atoms with E-state index >= 15 is 0 Å². The number of nitrogens with one attached hydrogen (secondary N) is 2. The molecule has 2 amide bonds. The average molecular weight is 519 g/mol. The molecule has 9 nitrogen and oxygen atoms in total. The normalized spacial score (nSPS) is 11.8. The van der Waals surface area contributed by atoms with Crippen LogP contribution in [0.1, 0.15) is 50.2 Å². The molecule has 10 heteroatoms. The van der Waals surface area contributed by atoms with Crippen molar-refractivity contribution in [3.05, 3.63) is 65.7 Å². The number of benzene rings is 2. The van der Waals surface area contributed by atoms with Crippen molar-refractivity contribution in [3.63, 3.8) is 0 Å². The van der Waals surface area contributed by atoms with Crippen LogP contribution in [0.4, 0.5) is 0 Å². The molecule has 1 atom stereocenters. The van der Waals surface area contributed by atoms with E-state index in [2.05, 4.69) is 17.6 Å². The minimum absolute atomic E-state index is 0.110. The summed E-state index contributed by atoms with van der Waals surface area (Å²) in [7, 11) is -3.65. The van der Waals surface area contributed by atoms with Crippen LogP contribution in [0, 0.1) is 0 Å². The molecule has 0 saturated heterocycles. The Morgan fingerprint density at radius 3 is 2.25 bits per heavy atom. The lowest BCUT2D eigenvalue weighted by molar-refractivity contribution is -0.146. The first-order chi connectivity index (χ1) is 17.2. The number of hydrogen-bond acceptors (Lipinski definition) is 7. The predicted octanol–water partition coefficient (Wildman–Crippen LogP) is 2.88. The van der Waals surface area contributed by atoms with Crippen LogP contribution in [0.2, 0.25) is 0 Å². The van der Waals surface area contributed by atoms with Crippen molar-refractivity contribution in [1.82, 2.24) is 10.6 Å². The van der Waals surface area contributed by atoms with E-state index in [-0.39, 0.29) is 37.5 Å². The van der Waals surface area contributed by atoms with Gasteiger partial charge in [-0.2, -0.15) is 8.42 Å². The molecule has 0 radical (unpaired) electrons. The van der Waals surface area contributed by atoms with E-state index in [0.29, 0.717) is 12.1 Å². The molecule has 196 valence electrons. The third kappa shape index (κ3) is 11.8. The molecule has 2 N–H and O–H groups in total. The van der Waals surface area contributed by atoms with E-state index in [1.54, 1.807) is 12.1 Å². The van der Waals surface area contributed by atoms with Crippen LogP contribution in [0.25, 0.3) is 0 Å². The molecule has 0 saturated carbocycles. The van der Waals surface area contributed by atoms with E-state index in [9.17, 15) is 22.8 Å². The molecular formula is C26H34N2O7S. The summed E-state index contributed by atoms with van der Waals surface area (Å²) in [6.07, 6.45) is 3.72. The van der Waals surface area contributed by atoms with Gasteiger partial charge in [-0.05, 0) is 29.7 Å². The number of unbranched alkanes of at least 4 members (excludes halogenated alkanes) is 2. The van der Waals surface area contributed by atoms with Crippen molar-refractivity contribution in [2.75, 3.05) is 12.8 Å². The number of rotatable bonds is 15. The fraction of sp³-hybridized carbons (Fsp3) is 0.423. The van der Waals surface area contributed by atoms with Crippen LogP contribution in [0.3, 0.4) is 0 Å². The predicted molar refractivity (Wildman–Crippen MR) is 136 cm³/mol. The third-order valence-electron chi connectivity index (χ3n) is 5.14. The molecule has 36 heavy (non-hydrogen) atoms. The van der Waals surface area contributed by atoms with Gasteiger partial charge in [-0.1, -0.05) is 62.2 Å². The zero-order valence-electron chi connectivity index (χ0n) is 20.7. The van der Waals surface area contributed by atoms with Crippen molar-refractivity contribution in [3.8, 4) is 5.75 Å². The van der Waals surface area contributed by atoms with Crippen LogP contribution in [0.5, 0.6) is 5.75 Å². The Bertz CT molecular complexity index is 1090. The minimum Gasteiger partial charge on any atom is -0.461 e. The highest BCUT2D eigenvalue weighted by Crippen LogP contribution is 2.15. The van der Waals surface area contributed by atoms with Crippen molar-refractivity contribution < 1.29 is 31.7 Å². The first kappa shape index (κ1) is 28.8. The summed E-state index contributed by atoms with van der Waals surface area (Å²) in [5.41, 5.74) is 1.55. The van der Waals surface area contributed by atoms with Gasteiger partial charge in [0.05, 0.1) is 12.7 Å². The van der Waals surface area contributed by atoms with Crippen LogP contribution in [0.15, 0.2) is 54.6 Å². The molecule has 0 spiro atoms. The van der Waals surface area contributed by atoms with Crippen molar-refractivity contribution in [1.29, 1.82) is 0 Å². The average Bonchev–Trinajstić information content (AvgIpc) is 2.84. The zero-order chi connectivity index (χ0) is 26.4. The highest BCUT2D eigenvalue weighted by Gasteiger charge is 2.22. The summed E-state index contributed by atoms with van der Waals surface area (Å²) in [5, 5.41) is 5.54. The van der Waals surface area contributed by atoms with Gasteiger partial charge in [0.15, 0.2) is 0 Å². The second kappa shape index (κ2) is 14.9. The smallest absolute Gasteiger partial charge is 0.306 e. The topological polar surface area (TPSA) is 128 Å². The number of esters is 1. The second-order valence-corrected chi connectivity index (χ2v) is 9.97. The summed E-state index contributed by atoms with van der Waals surface area (Å²) in [5.74, 6) is -1.13. The minimum atomic E-state index is -3.65. The lowest BCUT2D eigenvalue weighted by Gasteiger charge is -2.19. The molecule has 0 aliphatic rings. The maximum Gasteiger partial charge on any atom is 0.306 e. The number of carbonyl (C=O) groups is 3. The maximum atomic E-state index is 12.8. The summed E-state index contributed by atoms with van der Waals surface area (Å²) in [4.78, 5) is 37.3. The van der Waals surface area contributed by atoms with Gasteiger partial charge in [0.2, 0.25) is 11.8 Å². The van der Waals surface area contributed by atoms with Crippen LogP contribution < -0.4 is 14.8 Å². The van der Waals surface area contributed by atoms with E-state index < -0.39 is 28.0 Å². The monoisotopic (exact) mass is 518 g/mol. The highest BCUT2D eigenvalue weighted by molar-refractivity contribution is 7.86. The van der Waals surface area contributed by atoms with Gasteiger partial charge < -0.3 is 19.6 Å². The summed E-state index contributed by atoms with van der Waals surface area (Å²) >= 11 is 0. The molecule has 2 aromatic rings. The molecule has 0 fully saturated rings. The molecule has 0 unspecified atom stereocenters. The van der Waals surface area contributed by atoms with Gasteiger partial charge in [0, 0.05) is 19.4 Å². The van der Waals surface area contributed by atoms with Gasteiger partial charge in [-0.25, -0.2) is 0 Å². The Morgan fingerprint density at radius 2 is 1.61 bits per heavy atom. The highest BCUT2D eigenvalue weighted by atomic mass is 32.2. The molecule has 2 rings (SSSR count). The van der Waals surface area contributed by atoms with Crippen LogP contribution >= 0.6 is 0 Å². The van der Waals surface area contributed by atoms with E-state index in [4.69, 9.17) is 8.92 Å². The van der Waals surface area contributed by atoms with Gasteiger partial charge in [-0.3, -0.25) is 14.4 Å². The first-order valence-electron chi connectivity index (χ1n) is 11.9. The van der Waals surface area contributed by atoms with E-state index in [1.807, 2.05) is 30.3 Å². The van der Waals surface area contributed by atoms with Gasteiger partial charge in [0.1, 0.15) is 18.4 Å². The molecule has 0 aliphatic heterocycles. The number of ether oxygens (including phenoxy) is 1. The standard InChI is InChI=1S/C26H34N2O7S/c1-3-4-8-17-27-26(31)23(18-20-11-13-22(14-12-20)35-36(2,32)33)28-24(29)15-16-25(30)34-19-21-9-6-5-7-10-21/h5-7,9-14,23H,3-4,8,15-19H2,1-2H3,(H,27,31)(H,28,29)/t23-/m0/s1. The Labute approximate surface area is 212 Å². The van der Waals surface area contributed by atoms with Crippen molar-refractivity contribution >= 4 is 27.9 Å². The molecule has 0 heterocycles. The zero-order valence-corrected chi connectivity index (χ0v) is 21.5. The van der Waals surface area contributed by atoms with Crippen LogP contribution in [-0.2, 0) is 42.3 Å². The van der Waals surface area contributed by atoms with E-state index in [1.165, 1.54) is 12.1 Å². The Kier molecular flexibility index (Phi) is 11.9. The van der Waals surface area contributed by atoms with E-state index in [0.717, 1.165) is 31.1 Å². The molecule has 0 bridgehead atoms. The Hall–Kier alpha value is -3.40. The lowest BCUT2D eigenvalue weighted by atomic mass is 10.0. The van der Waals surface area contributed by atoms with Gasteiger partial charge >= 0.3 is 16.1 Å². The van der Waals surface area contributed by atoms with Crippen LogP contribution in [-0.4, -0.2) is 45.0 Å². The molecule has 2 aromatic carbocycles. The number of carbonyl (C=O) groups excluding carboxylic acids is 3. The molecule has 0 aliphatic carbocycles. The van der Waals surface area contributed by atoms with Crippen molar-refractivity contribution in [2.24, 2.45) is 0 Å². The Morgan fingerprint density at radius 1 is 0.917 bits per heavy atom. The number of amides is 2. The Balaban J connectivity index is 1.93. The first-order valence-corrected chi connectivity index (χ1v) is 13.7. The third-order valence-corrected chi connectivity index (χ3v) is 5.64. The second-order valence-electron chi connectivity index (χ2n) is 8.40. The SMILES string of the molecule is CCCCCNC(=O)[C@H](Cc1ccc(OS(C)(=O)=O)cc1)NC(=O)CCC(=O)OCc1ccccc1. The quantitative estimate of drug-likeness (QED) is 0.211. The maximum absolute atomic E-state index is 12.8.